The zero-order chi connectivity index (χ0) is 9.23. The molecule has 3 N–H and O–H groups in total. The van der Waals surface area contributed by atoms with Crippen molar-refractivity contribution in [1.29, 1.82) is 5.41 Å². The van der Waals surface area contributed by atoms with E-state index in [2.05, 4.69) is 0 Å². The van der Waals surface area contributed by atoms with Crippen molar-refractivity contribution >= 4 is 26.3 Å². The lowest BCUT2D eigenvalue weighted by Crippen LogP contribution is -2.18. The molecule has 0 saturated heterocycles. The van der Waals surface area contributed by atoms with Crippen LogP contribution in [0.25, 0.3) is 0 Å². The molecule has 0 aromatic heterocycles. The lowest BCUT2D eigenvalue weighted by atomic mass is 9.87. The molecule has 0 fully saturated rings. The van der Waals surface area contributed by atoms with Gasteiger partial charge in [-0.05, 0) is 28.0 Å². The van der Waals surface area contributed by atoms with Gasteiger partial charge in [0.15, 0.2) is 5.95 Å². The fourth-order valence-electron chi connectivity index (χ4n) is 0.792. The van der Waals surface area contributed by atoms with Crippen LogP contribution >= 0.6 is 22.6 Å². The molecule has 0 rings (SSSR count). The van der Waals surface area contributed by atoms with Gasteiger partial charge in [0.05, 0.1) is 0 Å². The zero-order valence-electron chi connectivity index (χ0n) is 6.83. The summed E-state index contributed by atoms with van der Waals surface area (Å²) in [6.45, 7) is 5.46. The number of nitrogens with one attached hydrogen (secondary N) is 1. The molecule has 0 aromatic carbocycles. The van der Waals surface area contributed by atoms with Gasteiger partial charge in [-0.1, -0.05) is 20.8 Å². The lowest BCUT2D eigenvalue weighted by Gasteiger charge is -2.20. The van der Waals surface area contributed by atoms with Gasteiger partial charge in [0, 0.05) is 5.57 Å². The molecule has 0 heterocycles. The number of hydrogen-bond acceptors (Lipinski definition) is 2. The minimum absolute atomic E-state index is 0.162. The van der Waals surface area contributed by atoms with Crippen LogP contribution in [0.4, 0.5) is 4.39 Å². The van der Waals surface area contributed by atoms with Crippen LogP contribution in [0.3, 0.4) is 0 Å². The Balaban J connectivity index is 4.96. The molecule has 0 aromatic rings. The fourth-order valence-corrected chi connectivity index (χ4v) is 1.86. The van der Waals surface area contributed by atoms with Gasteiger partial charge >= 0.3 is 0 Å². The van der Waals surface area contributed by atoms with Gasteiger partial charge in [-0.25, -0.2) is 0 Å². The van der Waals surface area contributed by atoms with Crippen LogP contribution < -0.4 is 5.73 Å². The van der Waals surface area contributed by atoms with E-state index in [1.807, 2.05) is 20.8 Å². The molecule has 0 aliphatic heterocycles. The Morgan fingerprint density at radius 3 is 1.82 bits per heavy atom. The summed E-state index contributed by atoms with van der Waals surface area (Å²) in [5.74, 6) is -0.753. The summed E-state index contributed by atoms with van der Waals surface area (Å²) in [5, 5.41) is 7.25. The van der Waals surface area contributed by atoms with Gasteiger partial charge in [-0.3, -0.25) is 5.41 Å². The summed E-state index contributed by atoms with van der Waals surface area (Å²) < 4.78 is 12.8. The summed E-state index contributed by atoms with van der Waals surface area (Å²) in [7, 11) is 0. The summed E-state index contributed by atoms with van der Waals surface area (Å²) in [6.07, 6.45) is 0. The topological polar surface area (TPSA) is 49.9 Å². The quantitative estimate of drug-likeness (QED) is 0.429. The van der Waals surface area contributed by atoms with Crippen LogP contribution in [-0.2, 0) is 0 Å². The first-order valence-electron chi connectivity index (χ1n) is 3.17. The molecular weight excluding hydrogens is 258 g/mol. The third-order valence-electron chi connectivity index (χ3n) is 1.21. The van der Waals surface area contributed by atoms with E-state index in [1.165, 1.54) is 0 Å². The molecule has 2 nitrogen and oxygen atoms in total. The largest absolute Gasteiger partial charge is 0.375 e. The predicted octanol–water partition coefficient (Wildman–Crippen LogP) is 2.58. The van der Waals surface area contributed by atoms with Crippen LogP contribution in [0.15, 0.2) is 11.5 Å². The molecule has 64 valence electrons. The minimum Gasteiger partial charge on any atom is -0.375 e. The molecule has 4 heteroatoms. The second-order valence-corrected chi connectivity index (χ2v) is 4.37. The Morgan fingerprint density at radius 2 is 1.82 bits per heavy atom. The summed E-state index contributed by atoms with van der Waals surface area (Å²) in [4.78, 5) is 0. The number of nitrogens with two attached hydrogens (primary N) is 1. The predicted molar refractivity (Wildman–Crippen MR) is 53.5 cm³/mol. The molecule has 11 heavy (non-hydrogen) atoms. The highest BCUT2D eigenvalue weighted by atomic mass is 127. The minimum atomic E-state index is -0.753. The van der Waals surface area contributed by atoms with Crippen LogP contribution in [-0.4, -0.2) is 3.72 Å². The standard InChI is InChI=1S/C7H12FIN2/c1-7(2,3)4(5(8)10)6(9)11/h11H,10H2,1-3H3/b5-4+,11-6?. The molecule has 0 spiro atoms. The van der Waals surface area contributed by atoms with Crippen molar-refractivity contribution in [2.24, 2.45) is 11.1 Å². The average molecular weight is 270 g/mol. The Morgan fingerprint density at radius 1 is 1.45 bits per heavy atom. The monoisotopic (exact) mass is 270 g/mol. The Labute approximate surface area is 79.7 Å². The van der Waals surface area contributed by atoms with Crippen LogP contribution in [0.2, 0.25) is 0 Å². The van der Waals surface area contributed by atoms with E-state index in [0.29, 0.717) is 0 Å². The van der Waals surface area contributed by atoms with Crippen molar-refractivity contribution in [2.75, 3.05) is 0 Å². The van der Waals surface area contributed by atoms with Crippen molar-refractivity contribution in [3.05, 3.63) is 11.5 Å². The van der Waals surface area contributed by atoms with Crippen LogP contribution in [0, 0.1) is 10.8 Å². The smallest absolute Gasteiger partial charge is 0.190 e. The Hall–Kier alpha value is -0.130. The zero-order valence-corrected chi connectivity index (χ0v) is 8.99. The fraction of sp³-hybridized carbons (Fsp3) is 0.571. The second kappa shape index (κ2) is 3.51. The van der Waals surface area contributed by atoms with Crippen LogP contribution in [0.5, 0.6) is 0 Å². The van der Waals surface area contributed by atoms with Gasteiger partial charge in [-0.15, -0.1) is 0 Å². The molecule has 0 bridgehead atoms. The first kappa shape index (κ1) is 10.9. The van der Waals surface area contributed by atoms with Gasteiger partial charge in [0.25, 0.3) is 0 Å². The molecule has 0 radical (unpaired) electrons. The van der Waals surface area contributed by atoms with Crippen molar-refractivity contribution in [3.63, 3.8) is 0 Å². The van der Waals surface area contributed by atoms with Crippen molar-refractivity contribution in [2.45, 2.75) is 20.8 Å². The maximum absolute atomic E-state index is 12.6. The van der Waals surface area contributed by atoms with E-state index in [1.54, 1.807) is 22.6 Å². The first-order chi connectivity index (χ1) is 4.76. The maximum Gasteiger partial charge on any atom is 0.190 e. The van der Waals surface area contributed by atoms with E-state index >= 15 is 0 Å². The third kappa shape index (κ3) is 3.18. The highest BCUT2D eigenvalue weighted by Gasteiger charge is 2.23. The SMILES string of the molecule is CC(C)(C)/C(C(=N)I)=C(/N)F. The van der Waals surface area contributed by atoms with E-state index in [9.17, 15) is 4.39 Å². The van der Waals surface area contributed by atoms with E-state index in [-0.39, 0.29) is 9.29 Å². The summed E-state index contributed by atoms with van der Waals surface area (Å²) in [5.41, 5.74) is 4.88. The second-order valence-electron chi connectivity index (χ2n) is 3.29. The number of halogens is 2. The van der Waals surface area contributed by atoms with E-state index < -0.39 is 11.4 Å². The summed E-state index contributed by atoms with van der Waals surface area (Å²) >= 11 is 1.75. The van der Waals surface area contributed by atoms with Crippen molar-refractivity contribution in [3.8, 4) is 0 Å². The highest BCUT2D eigenvalue weighted by Crippen LogP contribution is 2.29. The molecule has 0 aliphatic carbocycles. The lowest BCUT2D eigenvalue weighted by molar-refractivity contribution is 0.489. The maximum atomic E-state index is 12.6. The molecule has 0 unspecified atom stereocenters. The highest BCUT2D eigenvalue weighted by molar-refractivity contribution is 14.1. The van der Waals surface area contributed by atoms with Crippen molar-refractivity contribution < 1.29 is 4.39 Å². The van der Waals surface area contributed by atoms with Crippen LogP contribution in [0.1, 0.15) is 20.8 Å². The van der Waals surface area contributed by atoms with E-state index in [0.717, 1.165) is 0 Å². The molecule has 0 aliphatic rings. The number of hydrogen-bond donors (Lipinski definition) is 2. The first-order valence-corrected chi connectivity index (χ1v) is 4.25. The Bertz CT molecular complexity index is 199. The van der Waals surface area contributed by atoms with E-state index in [4.69, 9.17) is 11.1 Å². The number of rotatable bonds is 1. The van der Waals surface area contributed by atoms with Gasteiger partial charge in [-0.2, -0.15) is 4.39 Å². The summed E-state index contributed by atoms with van der Waals surface area (Å²) in [6, 6.07) is 0. The molecular formula is C7H12FIN2. The Kier molecular flexibility index (Phi) is 3.47. The van der Waals surface area contributed by atoms with Gasteiger partial charge in [0.2, 0.25) is 0 Å². The normalized spacial score (nSPS) is 14.3. The molecule has 0 amide bonds. The third-order valence-corrected chi connectivity index (χ3v) is 1.75. The molecule has 0 atom stereocenters. The van der Waals surface area contributed by atoms with Crippen molar-refractivity contribution in [1.82, 2.24) is 0 Å². The molecule has 0 saturated carbocycles. The average Bonchev–Trinajstić information content (AvgIpc) is 1.54. The number of allylic oxidation sites excluding steroid dienone is 1. The van der Waals surface area contributed by atoms with Gasteiger partial charge < -0.3 is 5.73 Å². The van der Waals surface area contributed by atoms with Gasteiger partial charge in [0.1, 0.15) is 3.72 Å².